The van der Waals surface area contributed by atoms with Gasteiger partial charge in [0.1, 0.15) is 5.60 Å². The van der Waals surface area contributed by atoms with Crippen molar-refractivity contribution in [1.29, 1.82) is 0 Å². The van der Waals surface area contributed by atoms with Crippen LogP contribution in [0.2, 0.25) is 10.0 Å². The zero-order chi connectivity index (χ0) is 21.2. The highest BCUT2D eigenvalue weighted by Crippen LogP contribution is 2.28. The van der Waals surface area contributed by atoms with Gasteiger partial charge in [-0.1, -0.05) is 23.2 Å². The van der Waals surface area contributed by atoms with E-state index in [0.29, 0.717) is 36.2 Å². The van der Waals surface area contributed by atoms with Crippen LogP contribution in [-0.4, -0.2) is 66.7 Å². The number of carbonyl (C=O) groups is 2. The second kappa shape index (κ2) is 9.00. The van der Waals surface area contributed by atoms with Crippen molar-refractivity contribution in [3.63, 3.8) is 0 Å². The second-order valence-corrected chi connectivity index (χ2v) is 9.49. The minimum atomic E-state index is -0.533. The molecule has 2 heterocycles. The van der Waals surface area contributed by atoms with Gasteiger partial charge in [0, 0.05) is 45.0 Å². The number of hydrogen-bond acceptors (Lipinski definition) is 4. The number of ether oxygens (including phenoxy) is 1. The quantitative estimate of drug-likeness (QED) is 0.686. The molecule has 0 saturated carbocycles. The fraction of sp³-hybridized carbons (Fsp3) is 0.619. The summed E-state index contributed by atoms with van der Waals surface area (Å²) in [5, 5.41) is 1.07. The first-order chi connectivity index (χ1) is 13.6. The van der Waals surface area contributed by atoms with Crippen molar-refractivity contribution < 1.29 is 14.3 Å². The lowest BCUT2D eigenvalue weighted by molar-refractivity contribution is -0.137. The number of nitrogens with zero attached hydrogens (tertiary/aromatic N) is 3. The van der Waals surface area contributed by atoms with E-state index in [2.05, 4.69) is 4.90 Å². The zero-order valence-corrected chi connectivity index (χ0v) is 18.8. The van der Waals surface area contributed by atoms with Gasteiger partial charge in [0.2, 0.25) is 5.91 Å². The highest BCUT2D eigenvalue weighted by atomic mass is 35.5. The molecule has 2 saturated heterocycles. The Morgan fingerprint density at radius 1 is 1.00 bits per heavy atom. The number of anilines is 1. The van der Waals surface area contributed by atoms with Gasteiger partial charge in [0.15, 0.2) is 0 Å². The third-order valence-corrected chi connectivity index (χ3v) is 6.02. The molecule has 8 heteroatoms. The Balaban J connectivity index is 1.54. The summed E-state index contributed by atoms with van der Waals surface area (Å²) in [5.41, 5.74) is 0.481. The monoisotopic (exact) mass is 441 g/mol. The molecule has 1 unspecified atom stereocenters. The van der Waals surface area contributed by atoms with Crippen molar-refractivity contribution in [3.05, 3.63) is 28.2 Å². The van der Waals surface area contributed by atoms with Crippen molar-refractivity contribution in [2.45, 2.75) is 39.2 Å². The summed E-state index contributed by atoms with van der Waals surface area (Å²) in [6.45, 7) is 9.42. The largest absolute Gasteiger partial charge is 0.444 e. The summed E-state index contributed by atoms with van der Waals surface area (Å²) < 4.78 is 5.47. The summed E-state index contributed by atoms with van der Waals surface area (Å²) in [7, 11) is 0. The van der Waals surface area contributed by atoms with Crippen LogP contribution in [0.4, 0.5) is 10.5 Å². The average Bonchev–Trinajstić information content (AvgIpc) is 2.68. The molecule has 160 valence electrons. The smallest absolute Gasteiger partial charge is 0.410 e. The number of likely N-dealkylation sites (tertiary alicyclic amines) is 1. The molecule has 0 spiro atoms. The van der Waals surface area contributed by atoms with Gasteiger partial charge in [-0.2, -0.15) is 0 Å². The van der Waals surface area contributed by atoms with E-state index in [1.54, 1.807) is 11.0 Å². The Morgan fingerprint density at radius 3 is 2.31 bits per heavy atom. The average molecular weight is 442 g/mol. The van der Waals surface area contributed by atoms with E-state index in [9.17, 15) is 9.59 Å². The van der Waals surface area contributed by atoms with Crippen LogP contribution in [0.3, 0.4) is 0 Å². The summed E-state index contributed by atoms with van der Waals surface area (Å²) in [6, 6.07) is 5.61. The van der Waals surface area contributed by atoms with Gasteiger partial charge < -0.3 is 19.4 Å². The third-order valence-electron chi connectivity index (χ3n) is 5.28. The van der Waals surface area contributed by atoms with E-state index in [4.69, 9.17) is 27.9 Å². The number of halogens is 2. The highest BCUT2D eigenvalue weighted by Gasteiger charge is 2.34. The van der Waals surface area contributed by atoms with Gasteiger partial charge in [-0.3, -0.25) is 4.79 Å². The van der Waals surface area contributed by atoms with Gasteiger partial charge in [-0.25, -0.2) is 4.79 Å². The van der Waals surface area contributed by atoms with Crippen LogP contribution in [0.15, 0.2) is 18.2 Å². The molecule has 3 rings (SSSR count). The Hall–Kier alpha value is -1.66. The number of carbonyl (C=O) groups excluding carboxylic acids is 2. The Morgan fingerprint density at radius 2 is 1.69 bits per heavy atom. The first kappa shape index (κ1) is 22.0. The number of piperidine rings is 1. The number of benzene rings is 1. The Kier molecular flexibility index (Phi) is 6.84. The van der Waals surface area contributed by atoms with E-state index in [1.165, 1.54) is 0 Å². The van der Waals surface area contributed by atoms with Crippen LogP contribution in [0.25, 0.3) is 0 Å². The molecule has 1 aromatic rings. The van der Waals surface area contributed by atoms with Crippen LogP contribution in [-0.2, 0) is 9.53 Å². The van der Waals surface area contributed by atoms with Crippen LogP contribution in [0, 0.1) is 5.92 Å². The molecule has 0 N–H and O–H groups in total. The maximum absolute atomic E-state index is 13.0. The van der Waals surface area contributed by atoms with E-state index in [1.807, 2.05) is 37.8 Å². The van der Waals surface area contributed by atoms with Crippen molar-refractivity contribution in [1.82, 2.24) is 9.80 Å². The highest BCUT2D eigenvalue weighted by molar-refractivity contribution is 6.42. The van der Waals surface area contributed by atoms with Gasteiger partial charge in [-0.05, 0) is 51.8 Å². The Bertz CT molecular complexity index is 758. The molecular weight excluding hydrogens is 413 g/mol. The van der Waals surface area contributed by atoms with Crippen molar-refractivity contribution in [2.24, 2.45) is 5.92 Å². The standard InChI is InChI=1S/C21H29Cl2N3O3/c1-21(2,3)29-20(28)26-8-4-5-15(14-26)19(27)25-11-9-24(10-12-25)16-6-7-17(22)18(23)13-16/h6-7,13,15H,4-5,8-12,14H2,1-3H3. The van der Waals surface area contributed by atoms with Crippen LogP contribution >= 0.6 is 23.2 Å². The molecule has 0 bridgehead atoms. The second-order valence-electron chi connectivity index (χ2n) is 8.68. The fourth-order valence-corrected chi connectivity index (χ4v) is 4.09. The maximum atomic E-state index is 13.0. The maximum Gasteiger partial charge on any atom is 0.410 e. The molecule has 29 heavy (non-hydrogen) atoms. The molecule has 1 atom stereocenters. The van der Waals surface area contributed by atoms with Crippen molar-refractivity contribution >= 4 is 40.9 Å². The predicted molar refractivity (Wildman–Crippen MR) is 116 cm³/mol. The van der Waals surface area contributed by atoms with E-state index in [0.717, 1.165) is 31.6 Å². The lowest BCUT2D eigenvalue weighted by Gasteiger charge is -2.40. The van der Waals surface area contributed by atoms with E-state index >= 15 is 0 Å². The molecule has 6 nitrogen and oxygen atoms in total. The van der Waals surface area contributed by atoms with Gasteiger partial charge in [0.05, 0.1) is 16.0 Å². The van der Waals surface area contributed by atoms with Crippen molar-refractivity contribution in [2.75, 3.05) is 44.2 Å². The third kappa shape index (κ3) is 5.70. The topological polar surface area (TPSA) is 53.1 Å². The molecule has 0 aliphatic carbocycles. The number of piperazine rings is 1. The summed E-state index contributed by atoms with van der Waals surface area (Å²) in [6.07, 6.45) is 1.30. The van der Waals surface area contributed by atoms with Gasteiger partial charge in [-0.15, -0.1) is 0 Å². The molecule has 1 aromatic carbocycles. The van der Waals surface area contributed by atoms with Crippen LogP contribution in [0.5, 0.6) is 0 Å². The molecule has 0 radical (unpaired) electrons. The van der Waals surface area contributed by atoms with Crippen LogP contribution < -0.4 is 4.90 Å². The number of amides is 2. The first-order valence-electron chi connectivity index (χ1n) is 10.1. The van der Waals surface area contributed by atoms with Gasteiger partial charge in [0.25, 0.3) is 0 Å². The van der Waals surface area contributed by atoms with E-state index in [-0.39, 0.29) is 17.9 Å². The van der Waals surface area contributed by atoms with Gasteiger partial charge >= 0.3 is 6.09 Å². The summed E-state index contributed by atoms with van der Waals surface area (Å²) >= 11 is 12.1. The first-order valence-corrected chi connectivity index (χ1v) is 10.9. The lowest BCUT2D eigenvalue weighted by Crippen LogP contribution is -2.53. The summed E-state index contributed by atoms with van der Waals surface area (Å²) in [4.78, 5) is 31.2. The van der Waals surface area contributed by atoms with Crippen molar-refractivity contribution in [3.8, 4) is 0 Å². The Labute approximate surface area is 182 Å². The molecule has 2 aliphatic heterocycles. The normalized spacial score (nSPS) is 20.6. The molecule has 2 aliphatic rings. The lowest BCUT2D eigenvalue weighted by atomic mass is 9.96. The molecule has 2 amide bonds. The molecule has 2 fully saturated rings. The fourth-order valence-electron chi connectivity index (χ4n) is 3.80. The SMILES string of the molecule is CC(C)(C)OC(=O)N1CCCC(C(=O)N2CCN(c3ccc(Cl)c(Cl)c3)CC2)C1. The minimum absolute atomic E-state index is 0.132. The van der Waals surface area contributed by atoms with Crippen LogP contribution in [0.1, 0.15) is 33.6 Å². The number of rotatable bonds is 2. The number of hydrogen-bond donors (Lipinski definition) is 0. The predicted octanol–water partition coefficient (Wildman–Crippen LogP) is 4.29. The minimum Gasteiger partial charge on any atom is -0.444 e. The van der Waals surface area contributed by atoms with E-state index < -0.39 is 5.60 Å². The molecular formula is C21H29Cl2N3O3. The zero-order valence-electron chi connectivity index (χ0n) is 17.3. The molecule has 0 aromatic heterocycles. The summed E-state index contributed by atoms with van der Waals surface area (Å²) in [5.74, 6) is -0.0279.